The number of nitrogens with zero attached hydrogens (tertiary/aromatic N) is 3. The molecule has 0 bridgehead atoms. The number of amides is 1. The molecule has 2 N–H and O–H groups in total. The van der Waals surface area contributed by atoms with E-state index in [9.17, 15) is 14.3 Å². The van der Waals surface area contributed by atoms with E-state index in [0.717, 1.165) is 58.5 Å². The molecule has 42 heavy (non-hydrogen) atoms. The molecule has 3 aromatic carbocycles. The van der Waals surface area contributed by atoms with Crippen molar-refractivity contribution in [2.45, 2.75) is 57.5 Å². The monoisotopic (exact) mass is 564 g/mol. The summed E-state index contributed by atoms with van der Waals surface area (Å²) in [6, 6.07) is 26.9. The number of benzene rings is 3. The lowest BCUT2D eigenvalue weighted by atomic mass is 9.71. The zero-order valence-corrected chi connectivity index (χ0v) is 23.8. The Morgan fingerprint density at radius 2 is 1.64 bits per heavy atom. The van der Waals surface area contributed by atoms with Crippen LogP contribution in [0.4, 0.5) is 9.18 Å². The van der Waals surface area contributed by atoms with Gasteiger partial charge in [0.15, 0.2) is 5.65 Å². The Morgan fingerprint density at radius 3 is 2.24 bits per heavy atom. The molecule has 2 aromatic heterocycles. The lowest BCUT2D eigenvalue weighted by molar-refractivity contribution is 0.0375. The molecular formula is C34H33FN4O3. The maximum absolute atomic E-state index is 13.4. The van der Waals surface area contributed by atoms with Crippen LogP contribution in [0.25, 0.3) is 39.3 Å². The van der Waals surface area contributed by atoms with E-state index in [0.29, 0.717) is 5.65 Å². The number of aliphatic hydroxyl groups excluding tert-OH is 1. The van der Waals surface area contributed by atoms with E-state index in [1.165, 1.54) is 0 Å². The summed E-state index contributed by atoms with van der Waals surface area (Å²) < 4.78 is 20.7. The molecule has 1 amide bonds. The van der Waals surface area contributed by atoms with Crippen LogP contribution >= 0.6 is 0 Å². The average molecular weight is 565 g/mol. The summed E-state index contributed by atoms with van der Waals surface area (Å²) in [7, 11) is 0. The highest BCUT2D eigenvalue weighted by molar-refractivity contribution is 5.83. The molecule has 0 spiro atoms. The fraction of sp³-hybridized carbons (Fsp3) is 0.265. The van der Waals surface area contributed by atoms with Gasteiger partial charge in [-0.3, -0.25) is 0 Å². The van der Waals surface area contributed by atoms with Crippen molar-refractivity contribution in [3.63, 3.8) is 0 Å². The van der Waals surface area contributed by atoms with Gasteiger partial charge in [-0.1, -0.05) is 78.9 Å². The SMILES string of the molecule is CC(C)(C)OC(=O)NC1(c2ccc(-c3nn4c(-c5ccc(C(O)F)cc5)cnc4cc3-c3ccccc3)cc2)CCC1. The molecule has 0 saturated heterocycles. The average Bonchev–Trinajstić information content (AvgIpc) is 3.37. The third-order valence-corrected chi connectivity index (χ3v) is 7.72. The summed E-state index contributed by atoms with van der Waals surface area (Å²) in [5.74, 6) is 0. The Bertz CT molecular complexity index is 1720. The standard InChI is InChI=1S/C34H33FN4O3/c1-33(2,3)42-32(41)37-34(18-7-19-34)26-16-14-24(15-17-26)30-27(22-8-5-4-6-9-22)20-29-36-21-28(39(29)38-30)23-10-12-25(13-11-23)31(35)40/h4-6,8-17,20-21,31,40H,7,18-19H2,1-3H3,(H,37,41). The maximum atomic E-state index is 13.4. The van der Waals surface area contributed by atoms with Gasteiger partial charge < -0.3 is 15.2 Å². The van der Waals surface area contributed by atoms with Gasteiger partial charge >= 0.3 is 6.09 Å². The zero-order chi connectivity index (χ0) is 29.5. The second-order valence-electron chi connectivity index (χ2n) is 11.8. The van der Waals surface area contributed by atoms with E-state index >= 15 is 0 Å². The van der Waals surface area contributed by atoms with Crippen molar-refractivity contribution in [3.05, 3.63) is 102 Å². The zero-order valence-electron chi connectivity index (χ0n) is 23.8. The Kier molecular flexibility index (Phi) is 7.02. The number of rotatable bonds is 6. The lowest BCUT2D eigenvalue weighted by Crippen LogP contribution is -2.52. The number of hydrogen-bond acceptors (Lipinski definition) is 5. The molecule has 1 unspecified atom stereocenters. The van der Waals surface area contributed by atoms with Crippen LogP contribution in [-0.2, 0) is 10.3 Å². The number of aromatic nitrogens is 3. The van der Waals surface area contributed by atoms with E-state index in [1.807, 2.05) is 69.3 Å². The minimum absolute atomic E-state index is 0.193. The minimum atomic E-state index is -2.03. The summed E-state index contributed by atoms with van der Waals surface area (Å²) in [6.45, 7) is 5.58. The fourth-order valence-corrected chi connectivity index (χ4v) is 5.44. The molecular weight excluding hydrogens is 531 g/mol. The Balaban J connectivity index is 1.40. The van der Waals surface area contributed by atoms with Gasteiger partial charge in [0.05, 0.1) is 23.1 Å². The Labute approximate surface area is 244 Å². The summed E-state index contributed by atoms with van der Waals surface area (Å²) in [5, 5.41) is 17.5. The first kappa shape index (κ1) is 27.6. The van der Waals surface area contributed by atoms with Crippen molar-refractivity contribution in [1.29, 1.82) is 0 Å². The van der Waals surface area contributed by atoms with Crippen molar-refractivity contribution in [2.75, 3.05) is 0 Å². The molecule has 8 heteroatoms. The van der Waals surface area contributed by atoms with E-state index < -0.39 is 23.6 Å². The Morgan fingerprint density at radius 1 is 0.976 bits per heavy atom. The number of fused-ring (bicyclic) bond motifs is 1. The molecule has 0 radical (unpaired) electrons. The number of nitrogens with one attached hydrogen (secondary N) is 1. The maximum Gasteiger partial charge on any atom is 0.408 e. The summed E-state index contributed by atoms with van der Waals surface area (Å²) in [5.41, 5.74) is 6.08. The van der Waals surface area contributed by atoms with Gasteiger partial charge in [-0.2, -0.15) is 5.10 Å². The third-order valence-electron chi connectivity index (χ3n) is 7.72. The number of halogens is 1. The van der Waals surface area contributed by atoms with Crippen molar-refractivity contribution in [3.8, 4) is 33.6 Å². The number of alkyl carbamates (subject to hydrolysis) is 1. The number of hydrogen-bond donors (Lipinski definition) is 2. The highest BCUT2D eigenvalue weighted by atomic mass is 19.1. The van der Waals surface area contributed by atoms with Crippen LogP contribution < -0.4 is 5.32 Å². The van der Waals surface area contributed by atoms with E-state index in [1.54, 1.807) is 35.0 Å². The predicted molar refractivity (Wildman–Crippen MR) is 160 cm³/mol. The first-order chi connectivity index (χ1) is 20.1. The van der Waals surface area contributed by atoms with Crippen LogP contribution in [0, 0.1) is 0 Å². The molecule has 2 heterocycles. The lowest BCUT2D eigenvalue weighted by Gasteiger charge is -2.43. The topological polar surface area (TPSA) is 88.8 Å². The van der Waals surface area contributed by atoms with Crippen LogP contribution in [0.3, 0.4) is 0 Å². The second kappa shape index (κ2) is 10.7. The first-order valence-corrected chi connectivity index (χ1v) is 14.1. The number of imidazole rings is 1. The first-order valence-electron chi connectivity index (χ1n) is 14.1. The molecule has 6 rings (SSSR count). The van der Waals surface area contributed by atoms with Gasteiger partial charge in [0.2, 0.25) is 6.36 Å². The minimum Gasteiger partial charge on any atom is -0.444 e. The number of carbonyl (C=O) groups excluding carboxylic acids is 1. The van der Waals surface area contributed by atoms with Gasteiger partial charge in [0, 0.05) is 22.3 Å². The summed E-state index contributed by atoms with van der Waals surface area (Å²) >= 11 is 0. The largest absolute Gasteiger partial charge is 0.444 e. The van der Waals surface area contributed by atoms with Crippen molar-refractivity contribution >= 4 is 11.7 Å². The smallest absolute Gasteiger partial charge is 0.408 e. The molecule has 1 atom stereocenters. The highest BCUT2D eigenvalue weighted by Gasteiger charge is 2.41. The summed E-state index contributed by atoms with van der Waals surface area (Å²) in [6.07, 6.45) is 2.03. The van der Waals surface area contributed by atoms with Crippen molar-refractivity contribution in [1.82, 2.24) is 19.9 Å². The third kappa shape index (κ3) is 5.37. The molecule has 214 valence electrons. The molecule has 5 aromatic rings. The Hall–Kier alpha value is -4.56. The van der Waals surface area contributed by atoms with Crippen LogP contribution in [0.5, 0.6) is 0 Å². The van der Waals surface area contributed by atoms with Gasteiger partial charge in [-0.15, -0.1) is 0 Å². The second-order valence-corrected chi connectivity index (χ2v) is 11.8. The molecule has 0 aliphatic heterocycles. The van der Waals surface area contributed by atoms with Gasteiger partial charge in [0.1, 0.15) is 5.60 Å². The number of alkyl halides is 1. The highest BCUT2D eigenvalue weighted by Crippen LogP contribution is 2.42. The molecule has 7 nitrogen and oxygen atoms in total. The quantitative estimate of drug-likeness (QED) is 0.222. The fourth-order valence-electron chi connectivity index (χ4n) is 5.44. The van der Waals surface area contributed by atoms with Crippen molar-refractivity contribution in [2.24, 2.45) is 0 Å². The van der Waals surface area contributed by atoms with Crippen LogP contribution in [0.2, 0.25) is 0 Å². The van der Waals surface area contributed by atoms with Gasteiger partial charge in [0.25, 0.3) is 0 Å². The van der Waals surface area contributed by atoms with Crippen molar-refractivity contribution < 1.29 is 19.0 Å². The van der Waals surface area contributed by atoms with Crippen LogP contribution in [-0.4, -0.2) is 31.4 Å². The number of aliphatic hydroxyl groups is 1. The molecule has 1 aliphatic carbocycles. The molecule has 1 fully saturated rings. The molecule has 1 aliphatic rings. The molecule has 1 saturated carbocycles. The van der Waals surface area contributed by atoms with E-state index in [2.05, 4.69) is 22.4 Å². The predicted octanol–water partition coefficient (Wildman–Crippen LogP) is 7.59. The number of carbonyl (C=O) groups is 1. The van der Waals surface area contributed by atoms with Gasteiger partial charge in [-0.25, -0.2) is 18.7 Å². The van der Waals surface area contributed by atoms with Gasteiger partial charge in [-0.05, 0) is 57.2 Å². The number of ether oxygens (including phenoxy) is 1. The van der Waals surface area contributed by atoms with Crippen LogP contribution in [0.1, 0.15) is 57.5 Å². The van der Waals surface area contributed by atoms with E-state index in [-0.39, 0.29) is 5.56 Å². The van der Waals surface area contributed by atoms with E-state index in [4.69, 9.17) is 9.84 Å². The summed E-state index contributed by atoms with van der Waals surface area (Å²) in [4.78, 5) is 17.3. The normalized spacial score (nSPS) is 15.2. The van der Waals surface area contributed by atoms with Crippen LogP contribution in [0.15, 0.2) is 91.1 Å².